The van der Waals surface area contributed by atoms with Crippen molar-refractivity contribution in [2.24, 2.45) is 7.05 Å². The molecule has 2 aromatic rings. The molecule has 1 heterocycles. The van der Waals surface area contributed by atoms with Gasteiger partial charge in [-0.15, -0.1) is 0 Å². The van der Waals surface area contributed by atoms with Gasteiger partial charge in [0, 0.05) is 11.8 Å². The predicted molar refractivity (Wildman–Crippen MR) is 66.4 cm³/mol. The van der Waals surface area contributed by atoms with Gasteiger partial charge in [-0.1, -0.05) is 18.2 Å². The van der Waals surface area contributed by atoms with E-state index in [0.29, 0.717) is 11.4 Å². The number of nitrogens with one attached hydrogen (secondary N) is 1. The molecular weight excluding hydrogens is 214 g/mol. The first kappa shape index (κ1) is 11.1. The first-order valence-electron chi connectivity index (χ1n) is 5.29. The summed E-state index contributed by atoms with van der Waals surface area (Å²) in [5.74, 6) is -0.211. The van der Waals surface area contributed by atoms with Crippen molar-refractivity contribution < 1.29 is 9.36 Å². The smallest absolute Gasteiger partial charge is 0.322 e. The Balaban J connectivity index is 2.27. The van der Waals surface area contributed by atoms with Crippen LogP contribution in [0, 0.1) is 0 Å². The zero-order chi connectivity index (χ0) is 12.3. The number of nitrogens with zero attached hydrogens (tertiary/aromatic N) is 1. The summed E-state index contributed by atoms with van der Waals surface area (Å²) in [4.78, 5) is 12.0. The van der Waals surface area contributed by atoms with E-state index in [4.69, 9.17) is 5.73 Å². The minimum atomic E-state index is -0.211. The maximum Gasteiger partial charge on any atom is 0.322 e. The molecule has 1 amide bonds. The molecule has 1 aromatic carbocycles. The highest BCUT2D eigenvalue weighted by atomic mass is 16.1. The van der Waals surface area contributed by atoms with Gasteiger partial charge in [-0.05, 0) is 18.2 Å². The lowest BCUT2D eigenvalue weighted by atomic mass is 10.2. The third-order valence-corrected chi connectivity index (χ3v) is 2.46. The van der Waals surface area contributed by atoms with E-state index in [0.717, 1.165) is 5.69 Å². The van der Waals surface area contributed by atoms with E-state index >= 15 is 0 Å². The van der Waals surface area contributed by atoms with Crippen LogP contribution in [0.3, 0.4) is 0 Å². The van der Waals surface area contributed by atoms with Gasteiger partial charge in [0.15, 0.2) is 6.20 Å². The van der Waals surface area contributed by atoms with E-state index in [-0.39, 0.29) is 5.91 Å². The molecule has 17 heavy (non-hydrogen) atoms. The number of aryl methyl sites for hydroxylation is 1. The van der Waals surface area contributed by atoms with Crippen LogP contribution in [0.15, 0.2) is 48.7 Å². The number of nitrogen functional groups attached to an aromatic ring is 1. The lowest BCUT2D eigenvalue weighted by Gasteiger charge is -2.05. The molecule has 4 nitrogen and oxygen atoms in total. The summed E-state index contributed by atoms with van der Waals surface area (Å²) in [5.41, 5.74) is 7.46. The van der Waals surface area contributed by atoms with Gasteiger partial charge in [-0.2, -0.15) is 4.57 Å². The van der Waals surface area contributed by atoms with Crippen molar-refractivity contribution in [2.45, 2.75) is 0 Å². The highest BCUT2D eigenvalue weighted by molar-refractivity contribution is 6.04. The lowest BCUT2D eigenvalue weighted by molar-refractivity contribution is -0.672. The number of amides is 1. The minimum Gasteiger partial charge on any atom is -0.393 e. The Kier molecular flexibility index (Phi) is 3.05. The fourth-order valence-electron chi connectivity index (χ4n) is 1.64. The molecule has 0 fully saturated rings. The molecule has 0 saturated carbocycles. The maximum absolute atomic E-state index is 12.0. The Morgan fingerprint density at radius 1 is 1.18 bits per heavy atom. The summed E-state index contributed by atoms with van der Waals surface area (Å²) >= 11 is 0. The van der Waals surface area contributed by atoms with Crippen LogP contribution >= 0.6 is 0 Å². The summed E-state index contributed by atoms with van der Waals surface area (Å²) in [6.07, 6.45) is 1.79. The normalized spacial score (nSPS) is 9.94. The van der Waals surface area contributed by atoms with Crippen LogP contribution in [0.1, 0.15) is 10.5 Å². The number of hydrogen-bond donors (Lipinski definition) is 2. The van der Waals surface area contributed by atoms with Crippen LogP contribution in [-0.4, -0.2) is 5.91 Å². The van der Waals surface area contributed by atoms with Gasteiger partial charge in [0.05, 0.1) is 0 Å². The van der Waals surface area contributed by atoms with Crippen molar-refractivity contribution in [1.82, 2.24) is 0 Å². The zero-order valence-electron chi connectivity index (χ0n) is 9.55. The van der Waals surface area contributed by atoms with E-state index in [1.54, 1.807) is 29.9 Å². The number of carbonyl (C=O) groups excluding carboxylic acids is 1. The van der Waals surface area contributed by atoms with Crippen molar-refractivity contribution in [3.05, 3.63) is 54.4 Å². The molecule has 86 valence electrons. The van der Waals surface area contributed by atoms with Gasteiger partial charge >= 0.3 is 5.91 Å². The fourth-order valence-corrected chi connectivity index (χ4v) is 1.64. The number of carbonyl (C=O) groups is 1. The molecule has 0 aliphatic carbocycles. The van der Waals surface area contributed by atoms with Gasteiger partial charge in [0.2, 0.25) is 0 Å². The number of anilines is 2. The summed E-state index contributed by atoms with van der Waals surface area (Å²) in [6, 6.07) is 12.8. The van der Waals surface area contributed by atoms with Crippen LogP contribution in [0.5, 0.6) is 0 Å². The Morgan fingerprint density at radius 3 is 2.53 bits per heavy atom. The molecule has 0 radical (unpaired) electrons. The summed E-state index contributed by atoms with van der Waals surface area (Å²) in [5, 5.41) is 2.80. The average Bonchev–Trinajstić information content (AvgIpc) is 2.30. The van der Waals surface area contributed by atoms with Crippen LogP contribution in [0.4, 0.5) is 11.4 Å². The van der Waals surface area contributed by atoms with Gasteiger partial charge in [0.1, 0.15) is 12.7 Å². The molecular formula is C13H14N3O+. The van der Waals surface area contributed by atoms with Crippen molar-refractivity contribution in [3.63, 3.8) is 0 Å². The molecule has 0 spiro atoms. The van der Waals surface area contributed by atoms with Crippen molar-refractivity contribution in [2.75, 3.05) is 11.1 Å². The number of rotatable bonds is 2. The number of pyridine rings is 1. The Morgan fingerprint density at radius 2 is 1.88 bits per heavy atom. The Bertz CT molecular complexity index is 517. The number of aromatic nitrogens is 1. The highest BCUT2D eigenvalue weighted by Gasteiger charge is 2.20. The third kappa shape index (κ3) is 2.42. The second kappa shape index (κ2) is 4.65. The quantitative estimate of drug-likeness (QED) is 0.762. The number of benzene rings is 1. The molecule has 3 N–H and O–H groups in total. The van der Waals surface area contributed by atoms with Gasteiger partial charge in [-0.3, -0.25) is 4.79 Å². The van der Waals surface area contributed by atoms with Crippen LogP contribution in [-0.2, 0) is 7.05 Å². The Hall–Kier alpha value is -2.36. The number of hydrogen-bond acceptors (Lipinski definition) is 2. The van der Waals surface area contributed by atoms with Crippen LogP contribution < -0.4 is 15.6 Å². The SMILES string of the molecule is C[n+]1cccc(N)c1C(=O)Nc1ccccc1. The molecule has 4 heteroatoms. The number of para-hydroxylation sites is 1. The van der Waals surface area contributed by atoms with E-state index in [9.17, 15) is 4.79 Å². The van der Waals surface area contributed by atoms with Crippen molar-refractivity contribution >= 4 is 17.3 Å². The molecule has 0 aliphatic rings. The first-order chi connectivity index (χ1) is 8.18. The molecule has 0 atom stereocenters. The van der Waals surface area contributed by atoms with E-state index in [1.807, 2.05) is 30.3 Å². The molecule has 1 aromatic heterocycles. The maximum atomic E-state index is 12.0. The van der Waals surface area contributed by atoms with E-state index in [1.165, 1.54) is 0 Å². The van der Waals surface area contributed by atoms with Crippen LogP contribution in [0.2, 0.25) is 0 Å². The molecule has 0 saturated heterocycles. The van der Waals surface area contributed by atoms with Crippen molar-refractivity contribution in [3.8, 4) is 0 Å². The topological polar surface area (TPSA) is 59.0 Å². The highest BCUT2D eigenvalue weighted by Crippen LogP contribution is 2.10. The van der Waals surface area contributed by atoms with Gasteiger partial charge < -0.3 is 11.1 Å². The molecule has 2 rings (SSSR count). The van der Waals surface area contributed by atoms with E-state index < -0.39 is 0 Å². The monoisotopic (exact) mass is 228 g/mol. The second-order valence-electron chi connectivity index (χ2n) is 3.74. The minimum absolute atomic E-state index is 0.211. The molecule has 0 bridgehead atoms. The Labute approximate surface area is 99.7 Å². The van der Waals surface area contributed by atoms with Gasteiger partial charge in [0.25, 0.3) is 5.69 Å². The van der Waals surface area contributed by atoms with E-state index in [2.05, 4.69) is 5.32 Å². The van der Waals surface area contributed by atoms with Crippen LogP contribution in [0.25, 0.3) is 0 Å². The summed E-state index contributed by atoms with van der Waals surface area (Å²) < 4.78 is 1.70. The number of nitrogens with two attached hydrogens (primary N) is 1. The average molecular weight is 228 g/mol. The predicted octanol–water partition coefficient (Wildman–Crippen LogP) is 1.35. The first-order valence-corrected chi connectivity index (χ1v) is 5.29. The lowest BCUT2D eigenvalue weighted by Crippen LogP contribution is -2.38. The summed E-state index contributed by atoms with van der Waals surface area (Å²) in [7, 11) is 1.79. The largest absolute Gasteiger partial charge is 0.393 e. The van der Waals surface area contributed by atoms with Crippen molar-refractivity contribution in [1.29, 1.82) is 0 Å². The summed E-state index contributed by atoms with van der Waals surface area (Å²) in [6.45, 7) is 0. The molecule has 0 aliphatic heterocycles. The second-order valence-corrected chi connectivity index (χ2v) is 3.74. The molecule has 0 unspecified atom stereocenters. The standard InChI is InChI=1S/C13H13N3O/c1-16-9-5-8-11(14)12(16)13(17)15-10-6-3-2-4-7-10/h2-9H,1H3,(H2-,14,15,17)/p+1. The third-order valence-electron chi connectivity index (χ3n) is 2.46. The fraction of sp³-hybridized carbons (Fsp3) is 0.0769. The zero-order valence-corrected chi connectivity index (χ0v) is 9.55. The van der Waals surface area contributed by atoms with Gasteiger partial charge in [-0.25, -0.2) is 0 Å².